The molecule has 0 N–H and O–H groups in total. The maximum Gasteiger partial charge on any atom is 0.309 e. The highest BCUT2D eigenvalue weighted by atomic mass is 16.6. The summed E-state index contributed by atoms with van der Waals surface area (Å²) in [6.45, 7) is 6.44. The van der Waals surface area contributed by atoms with Gasteiger partial charge in [0, 0.05) is 12.8 Å². The average Bonchev–Trinajstić information content (AvgIpc) is 3.43. The number of carbonyl (C=O) groups excluding carboxylic acids is 3. The van der Waals surface area contributed by atoms with Crippen LogP contribution in [0.4, 0.5) is 0 Å². The maximum atomic E-state index is 12.9. The van der Waals surface area contributed by atoms with Gasteiger partial charge in [-0.2, -0.15) is 0 Å². The van der Waals surface area contributed by atoms with Crippen molar-refractivity contribution in [2.45, 2.75) is 322 Å². The molecule has 442 valence electrons. The highest BCUT2D eigenvalue weighted by molar-refractivity contribution is 5.72. The molecule has 0 spiro atoms. The van der Waals surface area contributed by atoms with Gasteiger partial charge >= 0.3 is 17.9 Å². The first kappa shape index (κ1) is 73.3. The van der Waals surface area contributed by atoms with Crippen LogP contribution in [0.2, 0.25) is 0 Å². The third-order valence-electron chi connectivity index (χ3n) is 14.1. The molecule has 1 atom stereocenters. The van der Waals surface area contributed by atoms with Crippen molar-refractivity contribution in [3.8, 4) is 0 Å². The molecule has 0 saturated heterocycles. The highest BCUT2D eigenvalue weighted by Crippen LogP contribution is 2.16. The normalized spacial score (nSPS) is 12.7. The standard InChI is InChI=1S/C71H122O6/c1-4-7-10-13-16-19-22-25-28-30-31-32-33-34-35-36-37-38-39-41-43-46-49-52-55-58-61-64-70(73)76-67-68(66-75-69(72)63-60-57-54-51-48-45-42-27-24-21-18-15-12-9-6-3)77-71(74)65-62-59-56-53-50-47-44-40-29-26-23-20-17-14-11-8-5-2/h9,12,17-18,20-21,26-27,29-31,42,48,51,57,60,68H,4-8,10-11,13-16,19,22-25,28,32-41,43-47,49-50,52-56,58-59,61-67H2,1-3H3/b12-9-,20-17-,21-18-,29-26-,31-30-,42-27-,51-48-,60-57-. The summed E-state index contributed by atoms with van der Waals surface area (Å²) in [5, 5.41) is 0. The smallest absolute Gasteiger partial charge is 0.309 e. The fraction of sp³-hybridized carbons (Fsp3) is 0.732. The van der Waals surface area contributed by atoms with Crippen molar-refractivity contribution in [3.05, 3.63) is 97.2 Å². The number of hydrogen-bond acceptors (Lipinski definition) is 6. The van der Waals surface area contributed by atoms with Crippen molar-refractivity contribution >= 4 is 17.9 Å². The van der Waals surface area contributed by atoms with E-state index in [1.165, 1.54) is 193 Å². The van der Waals surface area contributed by atoms with Crippen LogP contribution in [0.3, 0.4) is 0 Å². The number of ether oxygens (including phenoxy) is 3. The van der Waals surface area contributed by atoms with Gasteiger partial charge in [-0.3, -0.25) is 14.4 Å². The predicted molar refractivity (Wildman–Crippen MR) is 334 cm³/mol. The number of esters is 3. The molecule has 0 aliphatic rings. The predicted octanol–water partition coefficient (Wildman–Crippen LogP) is 22.4. The van der Waals surface area contributed by atoms with E-state index in [2.05, 4.69) is 106 Å². The average molecular weight is 1070 g/mol. The molecule has 1 unspecified atom stereocenters. The van der Waals surface area contributed by atoms with Crippen LogP contribution in [0.25, 0.3) is 0 Å². The Labute approximate surface area is 477 Å². The second-order valence-corrected chi connectivity index (χ2v) is 21.7. The molecule has 0 aromatic heterocycles. The van der Waals surface area contributed by atoms with E-state index in [1.54, 1.807) is 6.08 Å². The maximum absolute atomic E-state index is 12.9. The molecule has 6 nitrogen and oxygen atoms in total. The van der Waals surface area contributed by atoms with Gasteiger partial charge in [0.2, 0.25) is 0 Å². The first-order valence-corrected chi connectivity index (χ1v) is 32.7. The van der Waals surface area contributed by atoms with Crippen LogP contribution in [-0.2, 0) is 28.6 Å². The second kappa shape index (κ2) is 64.9. The van der Waals surface area contributed by atoms with E-state index in [4.69, 9.17) is 14.2 Å². The van der Waals surface area contributed by atoms with E-state index in [0.717, 1.165) is 83.5 Å². The fourth-order valence-electron chi connectivity index (χ4n) is 9.19. The van der Waals surface area contributed by atoms with Crippen LogP contribution in [0.15, 0.2) is 97.2 Å². The van der Waals surface area contributed by atoms with Gasteiger partial charge in [-0.05, 0) is 103 Å². The van der Waals surface area contributed by atoms with Gasteiger partial charge in [-0.15, -0.1) is 0 Å². The largest absolute Gasteiger partial charge is 0.462 e. The molecular formula is C71H122O6. The zero-order valence-corrected chi connectivity index (χ0v) is 50.7. The molecule has 0 radical (unpaired) electrons. The number of hydrogen-bond donors (Lipinski definition) is 0. The Hall–Kier alpha value is -3.67. The Bertz CT molecular complexity index is 1510. The van der Waals surface area contributed by atoms with E-state index in [-0.39, 0.29) is 31.6 Å². The van der Waals surface area contributed by atoms with Crippen molar-refractivity contribution in [2.75, 3.05) is 13.2 Å². The summed E-state index contributed by atoms with van der Waals surface area (Å²) < 4.78 is 16.8. The van der Waals surface area contributed by atoms with E-state index in [0.29, 0.717) is 12.8 Å². The number of carbonyl (C=O) groups is 3. The van der Waals surface area contributed by atoms with Gasteiger partial charge in [0.05, 0.1) is 6.42 Å². The third-order valence-corrected chi connectivity index (χ3v) is 14.1. The first-order valence-electron chi connectivity index (χ1n) is 32.7. The molecular weight excluding hydrogens is 949 g/mol. The molecule has 0 fully saturated rings. The van der Waals surface area contributed by atoms with Crippen LogP contribution in [0.5, 0.6) is 0 Å². The lowest BCUT2D eigenvalue weighted by Gasteiger charge is -2.18. The fourth-order valence-corrected chi connectivity index (χ4v) is 9.19. The monoisotopic (exact) mass is 1070 g/mol. The van der Waals surface area contributed by atoms with E-state index in [9.17, 15) is 14.4 Å². The number of allylic oxidation sites excluding steroid dienone is 15. The summed E-state index contributed by atoms with van der Waals surface area (Å²) >= 11 is 0. The van der Waals surface area contributed by atoms with Crippen LogP contribution in [0, 0.1) is 0 Å². The van der Waals surface area contributed by atoms with Gasteiger partial charge in [0.25, 0.3) is 0 Å². The van der Waals surface area contributed by atoms with Gasteiger partial charge in [0.1, 0.15) is 13.2 Å². The quantitative estimate of drug-likeness (QED) is 0.0261. The molecule has 0 saturated carbocycles. The third kappa shape index (κ3) is 63.0. The topological polar surface area (TPSA) is 78.9 Å². The summed E-state index contributed by atoms with van der Waals surface area (Å²) in [6, 6.07) is 0. The molecule has 0 aliphatic heterocycles. The van der Waals surface area contributed by atoms with Crippen LogP contribution in [0.1, 0.15) is 316 Å². The van der Waals surface area contributed by atoms with E-state index in [1.807, 2.05) is 6.08 Å². The van der Waals surface area contributed by atoms with Gasteiger partial charge < -0.3 is 14.2 Å². The summed E-state index contributed by atoms with van der Waals surface area (Å²) in [6.07, 6.45) is 87.4. The Balaban J connectivity index is 4.34. The molecule has 0 aromatic rings. The zero-order chi connectivity index (χ0) is 55.7. The second-order valence-electron chi connectivity index (χ2n) is 21.7. The lowest BCUT2D eigenvalue weighted by Crippen LogP contribution is -2.30. The lowest BCUT2D eigenvalue weighted by atomic mass is 10.0. The molecule has 0 amide bonds. The molecule has 0 bridgehead atoms. The van der Waals surface area contributed by atoms with Gasteiger partial charge in [-0.25, -0.2) is 0 Å². The summed E-state index contributed by atoms with van der Waals surface area (Å²) in [7, 11) is 0. The summed E-state index contributed by atoms with van der Waals surface area (Å²) in [5.41, 5.74) is 0. The van der Waals surface area contributed by atoms with Gasteiger partial charge in [0.15, 0.2) is 6.10 Å². The highest BCUT2D eigenvalue weighted by Gasteiger charge is 2.19. The lowest BCUT2D eigenvalue weighted by molar-refractivity contribution is -0.166. The van der Waals surface area contributed by atoms with Gasteiger partial charge in [-0.1, -0.05) is 291 Å². The first-order chi connectivity index (χ1) is 38.0. The van der Waals surface area contributed by atoms with Crippen molar-refractivity contribution in [2.24, 2.45) is 0 Å². The summed E-state index contributed by atoms with van der Waals surface area (Å²) in [4.78, 5) is 38.2. The molecule has 0 rings (SSSR count). The van der Waals surface area contributed by atoms with Crippen molar-refractivity contribution in [3.63, 3.8) is 0 Å². The van der Waals surface area contributed by atoms with Crippen LogP contribution >= 0.6 is 0 Å². The van der Waals surface area contributed by atoms with E-state index < -0.39 is 12.1 Å². The SMILES string of the molecule is CC/C=C\C/C=C\C/C=C\C/C=C\C/C=C\CC(=O)OCC(COC(=O)CCCCCCCCCCCCCCCCC/C=C\CCCCCCCCCC)OC(=O)CCCCCCCCC/C=C\C/C=C\CCCCC. The number of unbranched alkanes of at least 4 members (excludes halogenated alkanes) is 33. The Morgan fingerprint density at radius 1 is 0.286 bits per heavy atom. The summed E-state index contributed by atoms with van der Waals surface area (Å²) in [5.74, 6) is -1.04. The van der Waals surface area contributed by atoms with Crippen LogP contribution in [-0.4, -0.2) is 37.2 Å². The Kier molecular flexibility index (Phi) is 61.8. The molecule has 6 heteroatoms. The Morgan fingerprint density at radius 3 is 0.948 bits per heavy atom. The molecule has 0 aromatic carbocycles. The van der Waals surface area contributed by atoms with Crippen molar-refractivity contribution in [1.82, 2.24) is 0 Å². The van der Waals surface area contributed by atoms with Crippen molar-refractivity contribution in [1.29, 1.82) is 0 Å². The molecule has 0 aliphatic carbocycles. The van der Waals surface area contributed by atoms with E-state index >= 15 is 0 Å². The van der Waals surface area contributed by atoms with Crippen LogP contribution < -0.4 is 0 Å². The molecule has 0 heterocycles. The zero-order valence-electron chi connectivity index (χ0n) is 50.7. The minimum absolute atomic E-state index is 0.109. The van der Waals surface area contributed by atoms with Crippen molar-refractivity contribution < 1.29 is 28.6 Å². The Morgan fingerprint density at radius 2 is 0.558 bits per heavy atom. The minimum atomic E-state index is -0.823. The number of rotatable bonds is 59. The molecule has 77 heavy (non-hydrogen) atoms. The minimum Gasteiger partial charge on any atom is -0.462 e.